The second-order valence-electron chi connectivity index (χ2n) is 7.56. The SMILES string of the molecule is CN=C(NCCCn1cccn1)NCC1CCCOC1C(C)(C)C. The summed E-state index contributed by atoms with van der Waals surface area (Å²) in [5.74, 6) is 1.40. The van der Waals surface area contributed by atoms with Gasteiger partial charge in [-0.2, -0.15) is 5.10 Å². The average Bonchev–Trinajstić information content (AvgIpc) is 3.07. The minimum atomic E-state index is 0.174. The van der Waals surface area contributed by atoms with Gasteiger partial charge in [-0.1, -0.05) is 20.8 Å². The van der Waals surface area contributed by atoms with Crippen molar-refractivity contribution in [1.82, 2.24) is 20.4 Å². The van der Waals surface area contributed by atoms with E-state index in [-0.39, 0.29) is 5.41 Å². The number of rotatable bonds is 6. The van der Waals surface area contributed by atoms with Gasteiger partial charge in [0.05, 0.1) is 6.10 Å². The molecule has 2 rings (SSSR count). The van der Waals surface area contributed by atoms with Crippen LogP contribution < -0.4 is 10.6 Å². The van der Waals surface area contributed by atoms with Crippen LogP contribution >= 0.6 is 0 Å². The van der Waals surface area contributed by atoms with Crippen molar-refractivity contribution in [2.75, 3.05) is 26.7 Å². The van der Waals surface area contributed by atoms with Crippen LogP contribution in [0.25, 0.3) is 0 Å². The molecule has 1 fully saturated rings. The summed E-state index contributed by atoms with van der Waals surface area (Å²) in [5, 5.41) is 11.1. The smallest absolute Gasteiger partial charge is 0.190 e. The monoisotopic (exact) mass is 335 g/mol. The molecular weight excluding hydrogens is 302 g/mol. The van der Waals surface area contributed by atoms with Crippen LogP contribution in [0, 0.1) is 11.3 Å². The minimum absolute atomic E-state index is 0.174. The third kappa shape index (κ3) is 5.82. The zero-order valence-corrected chi connectivity index (χ0v) is 15.6. The molecule has 0 aliphatic carbocycles. The first-order chi connectivity index (χ1) is 11.5. The van der Waals surface area contributed by atoms with Gasteiger partial charge in [-0.3, -0.25) is 9.67 Å². The van der Waals surface area contributed by atoms with E-state index in [1.54, 1.807) is 0 Å². The van der Waals surface area contributed by atoms with Crippen LogP contribution in [-0.4, -0.2) is 48.6 Å². The van der Waals surface area contributed by atoms with E-state index in [4.69, 9.17) is 4.74 Å². The summed E-state index contributed by atoms with van der Waals surface area (Å²) < 4.78 is 8.00. The maximum Gasteiger partial charge on any atom is 0.190 e. The molecule has 2 heterocycles. The largest absolute Gasteiger partial charge is 0.377 e. The molecule has 1 saturated heterocycles. The molecule has 2 unspecified atom stereocenters. The molecule has 24 heavy (non-hydrogen) atoms. The summed E-state index contributed by atoms with van der Waals surface area (Å²) in [5.41, 5.74) is 0.174. The van der Waals surface area contributed by atoms with Crippen LogP contribution in [0.3, 0.4) is 0 Å². The van der Waals surface area contributed by atoms with Crippen molar-refractivity contribution in [3.05, 3.63) is 18.5 Å². The second kappa shape index (κ2) is 9.06. The van der Waals surface area contributed by atoms with E-state index < -0.39 is 0 Å². The molecule has 1 aliphatic heterocycles. The third-order valence-corrected chi connectivity index (χ3v) is 4.47. The van der Waals surface area contributed by atoms with Crippen LogP contribution in [0.4, 0.5) is 0 Å². The van der Waals surface area contributed by atoms with Gasteiger partial charge in [-0.05, 0) is 30.7 Å². The number of guanidine groups is 1. The Morgan fingerprint density at radius 1 is 1.38 bits per heavy atom. The zero-order chi connectivity index (χ0) is 17.4. The van der Waals surface area contributed by atoms with Crippen molar-refractivity contribution in [1.29, 1.82) is 0 Å². The minimum Gasteiger partial charge on any atom is -0.377 e. The molecule has 0 saturated carbocycles. The number of hydrogen-bond acceptors (Lipinski definition) is 3. The Morgan fingerprint density at radius 2 is 2.21 bits per heavy atom. The molecule has 6 heteroatoms. The van der Waals surface area contributed by atoms with E-state index in [2.05, 4.69) is 41.5 Å². The van der Waals surface area contributed by atoms with Gasteiger partial charge in [0.1, 0.15) is 0 Å². The van der Waals surface area contributed by atoms with Crippen LogP contribution in [0.2, 0.25) is 0 Å². The summed E-state index contributed by atoms with van der Waals surface area (Å²) in [6.07, 6.45) is 7.48. The van der Waals surface area contributed by atoms with E-state index in [0.717, 1.165) is 45.0 Å². The van der Waals surface area contributed by atoms with E-state index in [1.165, 1.54) is 6.42 Å². The molecule has 0 spiro atoms. The van der Waals surface area contributed by atoms with Crippen molar-refractivity contribution in [3.8, 4) is 0 Å². The first-order valence-electron chi connectivity index (χ1n) is 9.04. The number of ether oxygens (including phenoxy) is 1. The standard InChI is InChI=1S/C18H33N5O/c1-18(2,3)16-15(8-5-13-24-16)14-21-17(19-4)20-9-6-11-23-12-7-10-22-23/h7,10,12,15-16H,5-6,8-9,11,13-14H2,1-4H3,(H2,19,20,21). The molecule has 1 aromatic heterocycles. The Morgan fingerprint density at radius 3 is 2.88 bits per heavy atom. The molecular formula is C18H33N5O. The maximum absolute atomic E-state index is 6.05. The van der Waals surface area contributed by atoms with E-state index in [9.17, 15) is 0 Å². The predicted molar refractivity (Wildman–Crippen MR) is 98.1 cm³/mol. The van der Waals surface area contributed by atoms with Gasteiger partial charge in [0.2, 0.25) is 0 Å². The van der Waals surface area contributed by atoms with Gasteiger partial charge in [0.25, 0.3) is 0 Å². The van der Waals surface area contributed by atoms with Crippen molar-refractivity contribution in [2.24, 2.45) is 16.3 Å². The van der Waals surface area contributed by atoms with E-state index in [0.29, 0.717) is 12.0 Å². The molecule has 0 bridgehead atoms. The van der Waals surface area contributed by atoms with Crippen molar-refractivity contribution in [2.45, 2.75) is 52.7 Å². The Hall–Kier alpha value is -1.56. The van der Waals surface area contributed by atoms with Gasteiger partial charge in [-0.15, -0.1) is 0 Å². The highest BCUT2D eigenvalue weighted by Crippen LogP contribution is 2.33. The molecule has 2 atom stereocenters. The number of nitrogens with one attached hydrogen (secondary N) is 2. The molecule has 0 aromatic carbocycles. The quantitative estimate of drug-likeness (QED) is 0.476. The first kappa shape index (κ1) is 18.8. The predicted octanol–water partition coefficient (Wildman–Crippen LogP) is 2.28. The Bertz CT molecular complexity index is 492. The van der Waals surface area contributed by atoms with Crippen LogP contribution in [-0.2, 0) is 11.3 Å². The van der Waals surface area contributed by atoms with Gasteiger partial charge in [0.15, 0.2) is 5.96 Å². The van der Waals surface area contributed by atoms with Gasteiger partial charge < -0.3 is 15.4 Å². The lowest BCUT2D eigenvalue weighted by Crippen LogP contribution is -2.47. The lowest BCUT2D eigenvalue weighted by molar-refractivity contribution is -0.0835. The molecule has 6 nitrogen and oxygen atoms in total. The number of hydrogen-bond donors (Lipinski definition) is 2. The van der Waals surface area contributed by atoms with Crippen molar-refractivity contribution < 1.29 is 4.74 Å². The summed E-state index contributed by atoms with van der Waals surface area (Å²) in [6.45, 7) is 10.4. The normalized spacial score (nSPS) is 22.4. The molecule has 136 valence electrons. The highest BCUT2D eigenvalue weighted by atomic mass is 16.5. The Kier molecular flexibility index (Phi) is 7.09. The summed E-state index contributed by atoms with van der Waals surface area (Å²) in [6, 6.07) is 1.95. The van der Waals surface area contributed by atoms with Gasteiger partial charge in [-0.25, -0.2) is 0 Å². The van der Waals surface area contributed by atoms with E-state index >= 15 is 0 Å². The molecule has 1 aromatic rings. The fraction of sp³-hybridized carbons (Fsp3) is 0.778. The first-order valence-corrected chi connectivity index (χ1v) is 9.04. The van der Waals surface area contributed by atoms with Crippen LogP contribution in [0.5, 0.6) is 0 Å². The summed E-state index contributed by atoms with van der Waals surface area (Å²) >= 11 is 0. The fourth-order valence-electron chi connectivity index (χ4n) is 3.34. The Labute approximate surface area is 146 Å². The summed E-state index contributed by atoms with van der Waals surface area (Å²) in [4.78, 5) is 4.33. The van der Waals surface area contributed by atoms with Gasteiger partial charge >= 0.3 is 0 Å². The third-order valence-electron chi connectivity index (χ3n) is 4.47. The number of aliphatic imine (C=N–C) groups is 1. The second-order valence-corrected chi connectivity index (χ2v) is 7.56. The highest BCUT2D eigenvalue weighted by Gasteiger charge is 2.35. The van der Waals surface area contributed by atoms with Crippen molar-refractivity contribution in [3.63, 3.8) is 0 Å². The molecule has 0 radical (unpaired) electrons. The van der Waals surface area contributed by atoms with E-state index in [1.807, 2.05) is 30.2 Å². The summed E-state index contributed by atoms with van der Waals surface area (Å²) in [7, 11) is 1.82. The van der Waals surface area contributed by atoms with Crippen LogP contribution in [0.15, 0.2) is 23.5 Å². The average molecular weight is 335 g/mol. The van der Waals surface area contributed by atoms with Gasteiger partial charge in [0, 0.05) is 51.6 Å². The lowest BCUT2D eigenvalue weighted by Gasteiger charge is -2.40. The molecule has 2 N–H and O–H groups in total. The van der Waals surface area contributed by atoms with Crippen LogP contribution in [0.1, 0.15) is 40.0 Å². The topological polar surface area (TPSA) is 63.5 Å². The lowest BCUT2D eigenvalue weighted by atomic mass is 9.78. The number of aryl methyl sites for hydroxylation is 1. The Balaban J connectivity index is 1.72. The number of nitrogens with zero attached hydrogens (tertiary/aromatic N) is 3. The van der Waals surface area contributed by atoms with Crippen molar-refractivity contribution >= 4 is 5.96 Å². The maximum atomic E-state index is 6.05. The fourth-order valence-corrected chi connectivity index (χ4v) is 3.34. The molecule has 0 amide bonds. The number of aromatic nitrogens is 2. The zero-order valence-electron chi connectivity index (χ0n) is 15.6. The molecule has 1 aliphatic rings. The highest BCUT2D eigenvalue weighted by molar-refractivity contribution is 5.79.